The molecule has 0 aliphatic rings. The monoisotopic (exact) mass is 430 g/mol. The molecule has 160 valence electrons. The first-order valence-corrected chi connectivity index (χ1v) is 10.7. The summed E-state index contributed by atoms with van der Waals surface area (Å²) < 4.78 is 10.7. The van der Waals surface area contributed by atoms with E-state index in [1.54, 1.807) is 5.38 Å². The van der Waals surface area contributed by atoms with Crippen LogP contribution in [-0.2, 0) is 22.6 Å². The lowest BCUT2D eigenvalue weighted by molar-refractivity contribution is 0.0539. The molecule has 0 bridgehead atoms. The fraction of sp³-hybridized carbons (Fsp3) is 0.381. The lowest BCUT2D eigenvalue weighted by Crippen LogP contribution is -2.24. The van der Waals surface area contributed by atoms with E-state index in [1.165, 1.54) is 17.7 Å². The van der Waals surface area contributed by atoms with Crippen molar-refractivity contribution in [1.29, 1.82) is 0 Å². The van der Waals surface area contributed by atoms with E-state index in [0.717, 1.165) is 24.2 Å². The molecule has 2 heterocycles. The maximum absolute atomic E-state index is 12.5. The molecular formula is C21H26N4O4S. The highest BCUT2D eigenvalue weighted by Crippen LogP contribution is 2.20. The molecule has 9 heteroatoms. The number of nitrogens with zero attached hydrogens (tertiary/aromatic N) is 1. The fourth-order valence-corrected chi connectivity index (χ4v) is 3.73. The number of amides is 1. The van der Waals surface area contributed by atoms with Crippen LogP contribution in [0, 0.1) is 0 Å². The topological polar surface area (TPSA) is 105 Å². The molecule has 0 atom stereocenters. The van der Waals surface area contributed by atoms with Crippen LogP contribution >= 0.6 is 11.3 Å². The van der Waals surface area contributed by atoms with Gasteiger partial charge in [-0.25, -0.2) is 4.98 Å². The lowest BCUT2D eigenvalue weighted by atomic mass is 10.1. The molecule has 1 aromatic carbocycles. The number of hydrogen-bond acceptors (Lipinski definition) is 7. The molecule has 8 nitrogen and oxygen atoms in total. The molecular weight excluding hydrogens is 404 g/mol. The van der Waals surface area contributed by atoms with Crippen LogP contribution < -0.4 is 16.2 Å². The third kappa shape index (κ3) is 6.20. The molecule has 0 aliphatic carbocycles. The minimum absolute atomic E-state index is 0.283. The van der Waals surface area contributed by atoms with E-state index >= 15 is 0 Å². The van der Waals surface area contributed by atoms with Gasteiger partial charge in [0.1, 0.15) is 4.83 Å². The Bertz CT molecular complexity index is 1000. The number of carbonyl (C=O) groups excluding carboxylic acids is 1. The first-order chi connectivity index (χ1) is 14.7. The van der Waals surface area contributed by atoms with Crippen LogP contribution in [-0.4, -0.2) is 48.8 Å². The van der Waals surface area contributed by atoms with Gasteiger partial charge >= 0.3 is 0 Å². The Balaban J connectivity index is 1.41. The number of carbonyl (C=O) groups is 1. The summed E-state index contributed by atoms with van der Waals surface area (Å²) in [5, 5.41) is 8.20. The Morgan fingerprint density at radius 3 is 2.60 bits per heavy atom. The zero-order valence-electron chi connectivity index (χ0n) is 16.9. The van der Waals surface area contributed by atoms with Gasteiger partial charge in [0.05, 0.1) is 37.1 Å². The average molecular weight is 431 g/mol. The molecule has 0 radical (unpaired) electrons. The van der Waals surface area contributed by atoms with E-state index < -0.39 is 0 Å². The summed E-state index contributed by atoms with van der Waals surface area (Å²) in [6.45, 7) is 6.47. The van der Waals surface area contributed by atoms with Crippen molar-refractivity contribution in [2.24, 2.45) is 0 Å². The van der Waals surface area contributed by atoms with Gasteiger partial charge in [-0.1, -0.05) is 24.3 Å². The Hall–Kier alpha value is -2.59. The van der Waals surface area contributed by atoms with Crippen molar-refractivity contribution in [3.63, 3.8) is 0 Å². The summed E-state index contributed by atoms with van der Waals surface area (Å²) in [7, 11) is 0. The number of rotatable bonds is 12. The maximum Gasteiger partial charge on any atom is 0.260 e. The molecule has 0 spiro atoms. The van der Waals surface area contributed by atoms with Crippen molar-refractivity contribution >= 4 is 27.5 Å². The van der Waals surface area contributed by atoms with Gasteiger partial charge in [-0.2, -0.15) is 0 Å². The van der Waals surface area contributed by atoms with Gasteiger partial charge in [0.2, 0.25) is 0 Å². The Kier molecular flexibility index (Phi) is 8.52. The number of benzene rings is 1. The van der Waals surface area contributed by atoms with E-state index in [1.807, 2.05) is 31.2 Å². The highest BCUT2D eigenvalue weighted by Gasteiger charge is 2.15. The van der Waals surface area contributed by atoms with Crippen LogP contribution in [0.4, 0.5) is 0 Å². The quantitative estimate of drug-likeness (QED) is 0.380. The summed E-state index contributed by atoms with van der Waals surface area (Å²) in [4.78, 5) is 31.6. The van der Waals surface area contributed by atoms with Gasteiger partial charge < -0.3 is 25.1 Å². The smallest absolute Gasteiger partial charge is 0.260 e. The molecule has 0 aliphatic heterocycles. The van der Waals surface area contributed by atoms with Gasteiger partial charge in [0, 0.05) is 31.6 Å². The number of hydrogen-bond donors (Lipinski definition) is 3. The van der Waals surface area contributed by atoms with E-state index in [0.29, 0.717) is 48.8 Å². The normalized spacial score (nSPS) is 11.1. The van der Waals surface area contributed by atoms with Gasteiger partial charge in [0.25, 0.3) is 11.5 Å². The fourth-order valence-electron chi connectivity index (χ4n) is 2.84. The van der Waals surface area contributed by atoms with E-state index in [4.69, 9.17) is 9.47 Å². The third-order valence-electron chi connectivity index (χ3n) is 4.43. The largest absolute Gasteiger partial charge is 0.379 e. The second-order valence-corrected chi connectivity index (χ2v) is 7.40. The zero-order valence-corrected chi connectivity index (χ0v) is 17.7. The lowest BCUT2D eigenvalue weighted by Gasteiger charge is -2.08. The second-order valence-electron chi connectivity index (χ2n) is 6.55. The molecule has 30 heavy (non-hydrogen) atoms. The van der Waals surface area contributed by atoms with Crippen molar-refractivity contribution in [1.82, 2.24) is 20.6 Å². The molecule has 0 unspecified atom stereocenters. The molecule has 3 aromatic rings. The summed E-state index contributed by atoms with van der Waals surface area (Å²) >= 11 is 1.28. The van der Waals surface area contributed by atoms with Crippen molar-refractivity contribution in [3.8, 4) is 0 Å². The number of thiophene rings is 1. The number of nitrogens with one attached hydrogen (secondary N) is 3. The van der Waals surface area contributed by atoms with Crippen molar-refractivity contribution < 1.29 is 14.3 Å². The van der Waals surface area contributed by atoms with Crippen molar-refractivity contribution in [3.05, 3.63) is 63.0 Å². The van der Waals surface area contributed by atoms with Gasteiger partial charge in [-0.15, -0.1) is 11.3 Å². The predicted molar refractivity (Wildman–Crippen MR) is 117 cm³/mol. The molecule has 3 N–H and O–H groups in total. The van der Waals surface area contributed by atoms with Crippen LogP contribution in [0.25, 0.3) is 10.2 Å². The third-order valence-corrected chi connectivity index (χ3v) is 5.31. The first-order valence-electron chi connectivity index (χ1n) is 9.86. The summed E-state index contributed by atoms with van der Waals surface area (Å²) in [6, 6.07) is 8.02. The highest BCUT2D eigenvalue weighted by atomic mass is 32.1. The number of fused-ring (bicyclic) bond motifs is 1. The zero-order chi connectivity index (χ0) is 21.2. The van der Waals surface area contributed by atoms with Crippen molar-refractivity contribution in [2.75, 3.05) is 33.0 Å². The van der Waals surface area contributed by atoms with E-state index in [-0.39, 0.29) is 11.5 Å². The van der Waals surface area contributed by atoms with Gasteiger partial charge in [0.15, 0.2) is 0 Å². The Morgan fingerprint density at radius 2 is 1.83 bits per heavy atom. The summed E-state index contributed by atoms with van der Waals surface area (Å²) in [5.41, 5.74) is 2.19. The highest BCUT2D eigenvalue weighted by molar-refractivity contribution is 7.17. The average Bonchev–Trinajstić information content (AvgIpc) is 3.20. The molecule has 1 amide bonds. The van der Waals surface area contributed by atoms with Gasteiger partial charge in [-0.3, -0.25) is 9.59 Å². The maximum atomic E-state index is 12.5. The van der Waals surface area contributed by atoms with Gasteiger partial charge in [-0.05, 0) is 18.1 Å². The minimum Gasteiger partial charge on any atom is -0.379 e. The van der Waals surface area contributed by atoms with E-state index in [2.05, 4.69) is 20.6 Å². The predicted octanol–water partition coefficient (Wildman–Crippen LogP) is 2.06. The minimum atomic E-state index is -0.303. The molecule has 0 saturated heterocycles. The van der Waals surface area contributed by atoms with Crippen molar-refractivity contribution in [2.45, 2.75) is 20.0 Å². The standard InChI is InChI=1S/C21H26N4O4S/c1-2-28-9-10-29-8-7-22-11-15-3-5-16(6-4-15)12-23-19(26)17-13-30-21-18(17)20(27)24-14-25-21/h3-6,13-14,22H,2,7-12H2,1H3,(H,23,26)(H,24,25,27). The number of H-pyrrole nitrogens is 1. The van der Waals surface area contributed by atoms with Crippen LogP contribution in [0.15, 0.2) is 40.8 Å². The SMILES string of the molecule is CCOCCOCCNCc1ccc(CNC(=O)c2csc3nc[nH]c(=O)c23)cc1. The molecule has 3 rings (SSSR count). The van der Waals surface area contributed by atoms with E-state index in [9.17, 15) is 9.59 Å². The first kappa shape index (κ1) is 22.1. The summed E-state index contributed by atoms with van der Waals surface area (Å²) in [6.07, 6.45) is 1.34. The molecule has 0 fully saturated rings. The van der Waals surface area contributed by atoms with Crippen LogP contribution in [0.1, 0.15) is 28.4 Å². The van der Waals surface area contributed by atoms with Crippen LogP contribution in [0.5, 0.6) is 0 Å². The number of aromatic nitrogens is 2. The Labute approximate surface area is 178 Å². The van der Waals surface area contributed by atoms with Crippen LogP contribution in [0.3, 0.4) is 0 Å². The molecule has 2 aromatic heterocycles. The number of aromatic amines is 1. The van der Waals surface area contributed by atoms with Crippen LogP contribution in [0.2, 0.25) is 0 Å². The second kappa shape index (κ2) is 11.6. The Morgan fingerprint density at radius 1 is 1.10 bits per heavy atom. The number of ether oxygens (including phenoxy) is 2. The molecule has 0 saturated carbocycles. The summed E-state index contributed by atoms with van der Waals surface area (Å²) in [5.74, 6) is -0.283.